The number of aliphatic hydroxyl groups is 1. The predicted molar refractivity (Wildman–Crippen MR) is 88.1 cm³/mol. The maximum Gasteiger partial charge on any atom is 0.154 e. The quantitative estimate of drug-likeness (QED) is 0.877. The Kier molecular flexibility index (Phi) is 4.52. The Labute approximate surface area is 136 Å². The SMILES string of the molecule is CCN(Cc1cccc(-n2cccn2)c1)[C@H]1CS(=O)(=O)C[C@@H]1O. The van der Waals surface area contributed by atoms with Gasteiger partial charge in [-0.05, 0) is 30.3 Å². The summed E-state index contributed by atoms with van der Waals surface area (Å²) in [6, 6.07) is 9.50. The van der Waals surface area contributed by atoms with Crippen LogP contribution in [0.2, 0.25) is 0 Å². The number of sulfone groups is 1. The highest BCUT2D eigenvalue weighted by Crippen LogP contribution is 2.21. The third-order valence-corrected chi connectivity index (χ3v) is 5.93. The minimum atomic E-state index is -3.14. The second kappa shape index (κ2) is 6.43. The summed E-state index contributed by atoms with van der Waals surface area (Å²) in [6.45, 7) is 3.26. The van der Waals surface area contributed by atoms with Gasteiger partial charge in [0.05, 0.1) is 29.3 Å². The first-order valence-electron chi connectivity index (χ1n) is 7.70. The van der Waals surface area contributed by atoms with E-state index in [4.69, 9.17) is 0 Å². The molecular weight excluding hydrogens is 314 g/mol. The van der Waals surface area contributed by atoms with Crippen molar-refractivity contribution in [1.29, 1.82) is 0 Å². The summed E-state index contributed by atoms with van der Waals surface area (Å²) in [7, 11) is -3.14. The van der Waals surface area contributed by atoms with Gasteiger partial charge in [0.25, 0.3) is 0 Å². The van der Waals surface area contributed by atoms with Crippen molar-refractivity contribution in [3.05, 3.63) is 48.3 Å². The van der Waals surface area contributed by atoms with Crippen molar-refractivity contribution in [2.24, 2.45) is 0 Å². The summed E-state index contributed by atoms with van der Waals surface area (Å²) >= 11 is 0. The van der Waals surface area contributed by atoms with Gasteiger partial charge in [-0.2, -0.15) is 5.10 Å². The van der Waals surface area contributed by atoms with E-state index in [9.17, 15) is 13.5 Å². The van der Waals surface area contributed by atoms with Crippen molar-refractivity contribution in [2.75, 3.05) is 18.1 Å². The van der Waals surface area contributed by atoms with Gasteiger partial charge in [-0.3, -0.25) is 4.90 Å². The van der Waals surface area contributed by atoms with E-state index in [1.54, 1.807) is 10.9 Å². The van der Waals surface area contributed by atoms with Gasteiger partial charge < -0.3 is 5.11 Å². The van der Waals surface area contributed by atoms with Gasteiger partial charge in [0, 0.05) is 18.9 Å². The minimum absolute atomic E-state index is 0.0286. The van der Waals surface area contributed by atoms with E-state index in [0.29, 0.717) is 13.1 Å². The Bertz CT molecular complexity index is 759. The van der Waals surface area contributed by atoms with Crippen LogP contribution in [0.4, 0.5) is 0 Å². The molecule has 1 aromatic heterocycles. The lowest BCUT2D eigenvalue weighted by molar-refractivity contribution is 0.0818. The van der Waals surface area contributed by atoms with E-state index >= 15 is 0 Å². The number of aromatic nitrogens is 2. The molecule has 0 aliphatic carbocycles. The van der Waals surface area contributed by atoms with E-state index in [1.165, 1.54) is 0 Å². The van der Waals surface area contributed by atoms with Gasteiger partial charge in [-0.25, -0.2) is 13.1 Å². The monoisotopic (exact) mass is 335 g/mol. The zero-order chi connectivity index (χ0) is 16.4. The standard InChI is InChI=1S/C16H21N3O3S/c1-2-18(15-11-23(21,22)12-16(15)20)10-13-5-3-6-14(9-13)19-8-4-7-17-19/h3-9,15-16,20H,2,10-12H2,1H3/t15-,16-/m0/s1. The normalized spacial score (nSPS) is 23.4. The summed E-state index contributed by atoms with van der Waals surface area (Å²) in [4.78, 5) is 2.03. The summed E-state index contributed by atoms with van der Waals surface area (Å²) in [5.74, 6) is -0.109. The number of hydrogen-bond acceptors (Lipinski definition) is 5. The largest absolute Gasteiger partial charge is 0.390 e. The Morgan fingerprint density at radius 3 is 2.78 bits per heavy atom. The van der Waals surface area contributed by atoms with Gasteiger partial charge in [-0.15, -0.1) is 0 Å². The first kappa shape index (κ1) is 16.2. The molecular formula is C16H21N3O3S. The Morgan fingerprint density at radius 2 is 2.17 bits per heavy atom. The van der Waals surface area contributed by atoms with E-state index in [1.807, 2.05) is 48.4 Å². The molecule has 6 nitrogen and oxygen atoms in total. The van der Waals surface area contributed by atoms with Crippen LogP contribution in [-0.4, -0.2) is 58.4 Å². The van der Waals surface area contributed by atoms with Crippen LogP contribution < -0.4 is 0 Å². The minimum Gasteiger partial charge on any atom is -0.390 e. The molecule has 1 fully saturated rings. The molecule has 124 valence electrons. The van der Waals surface area contributed by atoms with Gasteiger partial charge >= 0.3 is 0 Å². The van der Waals surface area contributed by atoms with E-state index < -0.39 is 15.9 Å². The third kappa shape index (κ3) is 3.63. The summed E-state index contributed by atoms with van der Waals surface area (Å²) < 4.78 is 25.3. The average molecular weight is 335 g/mol. The van der Waals surface area contributed by atoms with Crippen LogP contribution >= 0.6 is 0 Å². The molecule has 1 saturated heterocycles. The molecule has 1 aromatic carbocycles. The van der Waals surface area contributed by atoms with Crippen molar-refractivity contribution < 1.29 is 13.5 Å². The molecule has 1 aliphatic rings. The Balaban J connectivity index is 1.79. The zero-order valence-electron chi connectivity index (χ0n) is 13.0. The van der Waals surface area contributed by atoms with Crippen molar-refractivity contribution in [3.8, 4) is 5.69 Å². The summed E-state index contributed by atoms with van der Waals surface area (Å²) in [5, 5.41) is 14.3. The first-order valence-corrected chi connectivity index (χ1v) is 9.52. The second-order valence-electron chi connectivity index (χ2n) is 5.90. The fraction of sp³-hybridized carbons (Fsp3) is 0.438. The number of rotatable bonds is 5. The molecule has 2 heterocycles. The molecule has 0 radical (unpaired) electrons. The molecule has 23 heavy (non-hydrogen) atoms. The smallest absolute Gasteiger partial charge is 0.154 e. The van der Waals surface area contributed by atoms with Crippen molar-refractivity contribution >= 4 is 9.84 Å². The summed E-state index contributed by atoms with van der Waals surface area (Å²) in [6.07, 6.45) is 2.80. The highest BCUT2D eigenvalue weighted by Gasteiger charge is 2.39. The maximum atomic E-state index is 11.7. The average Bonchev–Trinajstić information content (AvgIpc) is 3.13. The van der Waals surface area contributed by atoms with Crippen LogP contribution in [0.5, 0.6) is 0 Å². The van der Waals surface area contributed by atoms with Crippen LogP contribution in [-0.2, 0) is 16.4 Å². The molecule has 0 bridgehead atoms. The molecule has 3 rings (SSSR count). The van der Waals surface area contributed by atoms with Crippen LogP contribution in [0.1, 0.15) is 12.5 Å². The van der Waals surface area contributed by atoms with Crippen molar-refractivity contribution in [2.45, 2.75) is 25.6 Å². The number of benzene rings is 1. The molecule has 2 aromatic rings. The van der Waals surface area contributed by atoms with E-state index in [2.05, 4.69) is 5.10 Å². The van der Waals surface area contributed by atoms with Crippen LogP contribution in [0, 0.1) is 0 Å². The fourth-order valence-electron chi connectivity index (χ4n) is 3.08. The fourth-order valence-corrected chi connectivity index (χ4v) is 4.91. The molecule has 2 atom stereocenters. The molecule has 1 N–H and O–H groups in total. The van der Waals surface area contributed by atoms with Crippen LogP contribution in [0.15, 0.2) is 42.7 Å². The lowest BCUT2D eigenvalue weighted by Gasteiger charge is -2.29. The third-order valence-electron chi connectivity index (χ3n) is 4.23. The first-order chi connectivity index (χ1) is 11.0. The highest BCUT2D eigenvalue weighted by molar-refractivity contribution is 7.91. The zero-order valence-corrected chi connectivity index (χ0v) is 13.9. The van der Waals surface area contributed by atoms with Crippen LogP contribution in [0.25, 0.3) is 5.69 Å². The lowest BCUT2D eigenvalue weighted by atomic mass is 10.1. The predicted octanol–water partition coefficient (Wildman–Crippen LogP) is 0.852. The van der Waals surface area contributed by atoms with Crippen molar-refractivity contribution in [1.82, 2.24) is 14.7 Å². The molecule has 0 spiro atoms. The Morgan fingerprint density at radius 1 is 1.35 bits per heavy atom. The number of likely N-dealkylation sites (N-methyl/N-ethyl adjacent to an activating group) is 1. The maximum absolute atomic E-state index is 11.7. The number of nitrogens with zero attached hydrogens (tertiary/aromatic N) is 3. The van der Waals surface area contributed by atoms with E-state index in [0.717, 1.165) is 11.3 Å². The molecule has 7 heteroatoms. The van der Waals surface area contributed by atoms with Gasteiger partial charge in [-0.1, -0.05) is 19.1 Å². The summed E-state index contributed by atoms with van der Waals surface area (Å²) in [5.41, 5.74) is 2.03. The number of hydrogen-bond donors (Lipinski definition) is 1. The van der Waals surface area contributed by atoms with E-state index in [-0.39, 0.29) is 17.5 Å². The van der Waals surface area contributed by atoms with Crippen molar-refractivity contribution in [3.63, 3.8) is 0 Å². The highest BCUT2D eigenvalue weighted by atomic mass is 32.2. The number of aliphatic hydroxyl groups excluding tert-OH is 1. The molecule has 0 saturated carbocycles. The molecule has 1 aliphatic heterocycles. The topological polar surface area (TPSA) is 75.4 Å². The molecule has 0 unspecified atom stereocenters. The Hall–Kier alpha value is -1.70. The van der Waals surface area contributed by atoms with Gasteiger partial charge in [0.15, 0.2) is 9.84 Å². The lowest BCUT2D eigenvalue weighted by Crippen LogP contribution is -2.42. The van der Waals surface area contributed by atoms with Crippen LogP contribution in [0.3, 0.4) is 0 Å². The van der Waals surface area contributed by atoms with Gasteiger partial charge in [0.1, 0.15) is 0 Å². The van der Waals surface area contributed by atoms with Gasteiger partial charge in [0.2, 0.25) is 0 Å². The second-order valence-corrected chi connectivity index (χ2v) is 8.05. The molecule has 0 amide bonds.